The normalized spacial score (nSPS) is 23.5. The number of hydrogen-bond donors (Lipinski definition) is 1. The summed E-state index contributed by atoms with van der Waals surface area (Å²) in [7, 11) is 1.75. The molecule has 1 fully saturated rings. The first-order chi connectivity index (χ1) is 14.7. The van der Waals surface area contributed by atoms with Crippen LogP contribution >= 0.6 is 0 Å². The van der Waals surface area contributed by atoms with Gasteiger partial charge < -0.3 is 19.5 Å². The highest BCUT2D eigenvalue weighted by molar-refractivity contribution is 5.42. The lowest BCUT2D eigenvalue weighted by atomic mass is 9.92. The Balaban J connectivity index is 1.28. The van der Waals surface area contributed by atoms with E-state index in [1.807, 2.05) is 24.3 Å². The molecule has 1 heterocycles. The predicted octanol–water partition coefficient (Wildman–Crippen LogP) is 5.21. The molecule has 1 N–H and O–H groups in total. The van der Waals surface area contributed by atoms with E-state index in [1.165, 1.54) is 6.07 Å². The largest absolute Gasteiger partial charge is 0.490 e. The highest BCUT2D eigenvalue weighted by atomic mass is 19.1. The van der Waals surface area contributed by atoms with Crippen molar-refractivity contribution in [2.24, 2.45) is 0 Å². The van der Waals surface area contributed by atoms with Crippen LogP contribution in [-0.2, 0) is 11.2 Å². The number of benzene rings is 2. The van der Waals surface area contributed by atoms with E-state index in [4.69, 9.17) is 14.2 Å². The van der Waals surface area contributed by atoms with Gasteiger partial charge in [-0.05, 0) is 81.3 Å². The molecule has 2 aromatic carbocycles. The molecule has 0 radical (unpaired) electrons. The summed E-state index contributed by atoms with van der Waals surface area (Å²) >= 11 is 0. The molecule has 4 nitrogen and oxygen atoms in total. The number of rotatable bonds is 8. The molecule has 0 saturated heterocycles. The van der Waals surface area contributed by atoms with E-state index in [0.717, 1.165) is 75.2 Å². The molecule has 2 aliphatic rings. The third kappa shape index (κ3) is 5.32. The van der Waals surface area contributed by atoms with Gasteiger partial charge in [0.2, 0.25) is 0 Å². The van der Waals surface area contributed by atoms with Gasteiger partial charge in [-0.3, -0.25) is 0 Å². The molecule has 1 aliphatic carbocycles. The summed E-state index contributed by atoms with van der Waals surface area (Å²) in [5.74, 6) is 1.55. The number of fused-ring (bicyclic) bond motifs is 1. The third-order valence-electron chi connectivity index (χ3n) is 6.16. The summed E-state index contributed by atoms with van der Waals surface area (Å²) < 4.78 is 31.6. The SMILES string of the molecule is COCCCNC1CCC(Oc2ccc3c(c2)CCC(c2ccccc2F)O3)CC1. The van der Waals surface area contributed by atoms with Crippen LogP contribution in [0.2, 0.25) is 0 Å². The van der Waals surface area contributed by atoms with E-state index in [0.29, 0.717) is 11.6 Å². The van der Waals surface area contributed by atoms with Crippen molar-refractivity contribution in [3.63, 3.8) is 0 Å². The van der Waals surface area contributed by atoms with Crippen LogP contribution in [0.5, 0.6) is 11.5 Å². The molecule has 2 aromatic rings. The van der Waals surface area contributed by atoms with Gasteiger partial charge in [-0.25, -0.2) is 4.39 Å². The average molecular weight is 414 g/mol. The second kappa shape index (κ2) is 10.3. The predicted molar refractivity (Wildman–Crippen MR) is 116 cm³/mol. The Bertz CT molecular complexity index is 820. The van der Waals surface area contributed by atoms with Crippen molar-refractivity contribution in [3.05, 3.63) is 59.4 Å². The second-order valence-electron chi connectivity index (χ2n) is 8.33. The van der Waals surface area contributed by atoms with Gasteiger partial charge in [-0.15, -0.1) is 0 Å². The molecule has 5 heteroatoms. The fourth-order valence-electron chi connectivity index (χ4n) is 4.49. The number of hydrogen-bond acceptors (Lipinski definition) is 4. The maximum Gasteiger partial charge on any atom is 0.130 e. The second-order valence-corrected chi connectivity index (χ2v) is 8.33. The standard InChI is InChI=1S/C25H32FNO3/c1-28-16-4-15-27-19-8-10-20(11-9-19)29-21-12-14-24-18(17-21)7-13-25(30-24)22-5-2-3-6-23(22)26/h2-3,5-6,12,14,17,19-20,25,27H,4,7-11,13,15-16H2,1H3. The van der Waals surface area contributed by atoms with Crippen LogP contribution in [0.15, 0.2) is 42.5 Å². The minimum Gasteiger partial charge on any atom is -0.490 e. The van der Waals surface area contributed by atoms with Gasteiger partial charge in [-0.1, -0.05) is 18.2 Å². The number of halogens is 1. The molecule has 1 aliphatic heterocycles. The highest BCUT2D eigenvalue weighted by Gasteiger charge is 2.25. The van der Waals surface area contributed by atoms with Gasteiger partial charge in [0.1, 0.15) is 23.4 Å². The Morgan fingerprint density at radius 1 is 1.07 bits per heavy atom. The maximum absolute atomic E-state index is 14.1. The van der Waals surface area contributed by atoms with Crippen LogP contribution in [0.1, 0.15) is 55.8 Å². The molecule has 0 bridgehead atoms. The molecule has 1 atom stereocenters. The van der Waals surface area contributed by atoms with Gasteiger partial charge in [0.15, 0.2) is 0 Å². The Hall–Kier alpha value is -2.11. The fraction of sp³-hybridized carbons (Fsp3) is 0.520. The van der Waals surface area contributed by atoms with Gasteiger partial charge in [0.25, 0.3) is 0 Å². The number of aryl methyl sites for hydroxylation is 1. The van der Waals surface area contributed by atoms with E-state index < -0.39 is 0 Å². The molecule has 0 amide bonds. The van der Waals surface area contributed by atoms with Crippen molar-refractivity contribution in [1.29, 1.82) is 0 Å². The van der Waals surface area contributed by atoms with Crippen LogP contribution in [-0.4, -0.2) is 32.4 Å². The monoisotopic (exact) mass is 413 g/mol. The van der Waals surface area contributed by atoms with E-state index in [2.05, 4.69) is 11.4 Å². The summed E-state index contributed by atoms with van der Waals surface area (Å²) in [5, 5.41) is 3.62. The van der Waals surface area contributed by atoms with Crippen LogP contribution in [0.3, 0.4) is 0 Å². The minimum absolute atomic E-state index is 0.199. The van der Waals surface area contributed by atoms with Crippen molar-refractivity contribution >= 4 is 0 Å². The first-order valence-electron chi connectivity index (χ1n) is 11.2. The molecular formula is C25H32FNO3. The van der Waals surface area contributed by atoms with Gasteiger partial charge >= 0.3 is 0 Å². The third-order valence-corrected chi connectivity index (χ3v) is 6.16. The average Bonchev–Trinajstić information content (AvgIpc) is 2.78. The minimum atomic E-state index is -0.225. The van der Waals surface area contributed by atoms with E-state index in [-0.39, 0.29) is 18.0 Å². The molecule has 0 aromatic heterocycles. The molecule has 1 unspecified atom stereocenters. The first-order valence-corrected chi connectivity index (χ1v) is 11.2. The zero-order chi connectivity index (χ0) is 20.8. The van der Waals surface area contributed by atoms with Crippen LogP contribution in [0.25, 0.3) is 0 Å². The lowest BCUT2D eigenvalue weighted by molar-refractivity contribution is 0.136. The van der Waals surface area contributed by atoms with Gasteiger partial charge in [0, 0.05) is 25.3 Å². The van der Waals surface area contributed by atoms with Gasteiger partial charge in [0.05, 0.1) is 6.10 Å². The summed E-state index contributed by atoms with van der Waals surface area (Å²) in [5.41, 5.74) is 1.78. The number of methoxy groups -OCH3 is 1. The zero-order valence-corrected chi connectivity index (χ0v) is 17.7. The molecule has 4 rings (SSSR count). The molecule has 30 heavy (non-hydrogen) atoms. The van der Waals surface area contributed by atoms with E-state index in [1.54, 1.807) is 13.2 Å². The van der Waals surface area contributed by atoms with Gasteiger partial charge in [-0.2, -0.15) is 0 Å². The summed E-state index contributed by atoms with van der Waals surface area (Å²) in [6.07, 6.45) is 7.19. The van der Waals surface area contributed by atoms with Crippen LogP contribution in [0.4, 0.5) is 4.39 Å². The van der Waals surface area contributed by atoms with Crippen molar-refractivity contribution < 1.29 is 18.6 Å². The van der Waals surface area contributed by atoms with Crippen molar-refractivity contribution in [3.8, 4) is 11.5 Å². The fourth-order valence-corrected chi connectivity index (χ4v) is 4.49. The molecular weight excluding hydrogens is 381 g/mol. The molecule has 1 saturated carbocycles. The van der Waals surface area contributed by atoms with E-state index >= 15 is 0 Å². The quantitative estimate of drug-likeness (QED) is 0.603. The summed E-state index contributed by atoms with van der Waals surface area (Å²) in [6.45, 7) is 1.83. The number of nitrogens with one attached hydrogen (secondary N) is 1. The zero-order valence-electron chi connectivity index (χ0n) is 17.7. The van der Waals surface area contributed by atoms with Crippen molar-refractivity contribution in [2.75, 3.05) is 20.3 Å². The van der Waals surface area contributed by atoms with Crippen LogP contribution in [0, 0.1) is 5.82 Å². The lowest BCUT2D eigenvalue weighted by Gasteiger charge is -2.30. The van der Waals surface area contributed by atoms with Crippen molar-refractivity contribution in [1.82, 2.24) is 5.32 Å². The summed E-state index contributed by atoms with van der Waals surface area (Å²) in [6, 6.07) is 13.5. The maximum atomic E-state index is 14.1. The molecule has 162 valence electrons. The summed E-state index contributed by atoms with van der Waals surface area (Å²) in [4.78, 5) is 0. The number of ether oxygens (including phenoxy) is 3. The Morgan fingerprint density at radius 3 is 2.70 bits per heavy atom. The lowest BCUT2D eigenvalue weighted by Crippen LogP contribution is -2.37. The first kappa shape index (κ1) is 21.1. The Morgan fingerprint density at radius 2 is 1.90 bits per heavy atom. The van der Waals surface area contributed by atoms with E-state index in [9.17, 15) is 4.39 Å². The Kier molecular flexibility index (Phi) is 7.24. The smallest absolute Gasteiger partial charge is 0.130 e. The topological polar surface area (TPSA) is 39.7 Å². The van der Waals surface area contributed by atoms with Crippen LogP contribution < -0.4 is 14.8 Å². The Labute approximate surface area is 178 Å². The highest BCUT2D eigenvalue weighted by Crippen LogP contribution is 2.38. The van der Waals surface area contributed by atoms with Crippen molar-refractivity contribution in [2.45, 2.75) is 63.2 Å². The molecule has 0 spiro atoms.